The minimum absolute atomic E-state index is 0.0608. The van der Waals surface area contributed by atoms with Crippen molar-refractivity contribution in [2.24, 2.45) is 0 Å². The number of rotatable bonds is 4. The van der Waals surface area contributed by atoms with Crippen molar-refractivity contribution in [1.82, 2.24) is 0 Å². The Morgan fingerprint density at radius 3 is 2.87 bits per heavy atom. The van der Waals surface area contributed by atoms with E-state index in [-0.39, 0.29) is 23.7 Å². The number of carbonyl (C=O) groups excluding carboxylic acids is 2. The highest BCUT2D eigenvalue weighted by Gasteiger charge is 2.31. The second kappa shape index (κ2) is 6.37. The number of hydrogen-bond acceptors (Lipinski definition) is 5. The van der Waals surface area contributed by atoms with Gasteiger partial charge in [0, 0.05) is 17.5 Å². The SMILES string of the molecule is C[C@H]1C[C@@H](Nc2ccc(F)c(NC(=O)c3ccsc3)c2)C(=O)O1. The van der Waals surface area contributed by atoms with Crippen LogP contribution in [-0.4, -0.2) is 24.0 Å². The summed E-state index contributed by atoms with van der Waals surface area (Å²) >= 11 is 1.39. The fraction of sp³-hybridized carbons (Fsp3) is 0.250. The molecule has 2 heterocycles. The molecule has 1 saturated heterocycles. The van der Waals surface area contributed by atoms with E-state index in [1.807, 2.05) is 6.92 Å². The highest BCUT2D eigenvalue weighted by molar-refractivity contribution is 7.08. The van der Waals surface area contributed by atoms with Crippen molar-refractivity contribution in [3.63, 3.8) is 0 Å². The Morgan fingerprint density at radius 1 is 1.39 bits per heavy atom. The molecule has 7 heteroatoms. The number of hydrogen-bond donors (Lipinski definition) is 2. The fourth-order valence-electron chi connectivity index (χ4n) is 2.37. The number of ether oxygens (including phenoxy) is 1. The van der Waals surface area contributed by atoms with Crippen LogP contribution in [0.15, 0.2) is 35.0 Å². The molecule has 3 rings (SSSR count). The summed E-state index contributed by atoms with van der Waals surface area (Å²) in [5, 5.41) is 9.00. The van der Waals surface area contributed by atoms with E-state index in [9.17, 15) is 14.0 Å². The first-order valence-electron chi connectivity index (χ1n) is 7.13. The summed E-state index contributed by atoms with van der Waals surface area (Å²) in [4.78, 5) is 23.7. The van der Waals surface area contributed by atoms with E-state index in [4.69, 9.17) is 4.74 Å². The summed E-state index contributed by atoms with van der Waals surface area (Å²) < 4.78 is 19.0. The average Bonchev–Trinajstić information content (AvgIpc) is 3.13. The molecule has 1 fully saturated rings. The average molecular weight is 334 g/mol. The first-order chi connectivity index (χ1) is 11.0. The first-order valence-corrected chi connectivity index (χ1v) is 8.07. The Labute approximate surface area is 136 Å². The minimum atomic E-state index is -0.540. The van der Waals surface area contributed by atoms with Gasteiger partial charge in [-0.3, -0.25) is 4.79 Å². The molecular formula is C16H15FN2O3S. The third kappa shape index (κ3) is 3.50. The maximum absolute atomic E-state index is 13.9. The summed E-state index contributed by atoms with van der Waals surface area (Å²) in [6, 6.07) is 5.43. The second-order valence-electron chi connectivity index (χ2n) is 5.34. The molecule has 1 amide bonds. The van der Waals surface area contributed by atoms with Crippen LogP contribution in [0.2, 0.25) is 0 Å². The van der Waals surface area contributed by atoms with Crippen molar-refractivity contribution in [3.05, 3.63) is 46.4 Å². The number of cyclic esters (lactones) is 1. The summed E-state index contributed by atoms with van der Waals surface area (Å²) in [6.07, 6.45) is 0.408. The fourth-order valence-corrected chi connectivity index (χ4v) is 3.01. The third-order valence-corrected chi connectivity index (χ3v) is 4.19. The zero-order valence-corrected chi connectivity index (χ0v) is 13.2. The normalized spacial score (nSPS) is 20.2. The van der Waals surface area contributed by atoms with Gasteiger partial charge in [-0.25, -0.2) is 9.18 Å². The van der Waals surface area contributed by atoms with E-state index in [1.165, 1.54) is 29.5 Å². The van der Waals surface area contributed by atoms with Crippen LogP contribution in [0.1, 0.15) is 23.7 Å². The molecule has 1 aromatic carbocycles. The summed E-state index contributed by atoms with van der Waals surface area (Å²) in [5.41, 5.74) is 1.08. The van der Waals surface area contributed by atoms with E-state index >= 15 is 0 Å². The predicted molar refractivity (Wildman–Crippen MR) is 86.3 cm³/mol. The molecule has 0 aliphatic carbocycles. The number of benzene rings is 1. The van der Waals surface area contributed by atoms with Gasteiger partial charge in [0.25, 0.3) is 5.91 Å². The smallest absolute Gasteiger partial charge is 0.328 e. The summed E-state index contributed by atoms with van der Waals surface area (Å²) in [7, 11) is 0. The summed E-state index contributed by atoms with van der Waals surface area (Å²) in [5.74, 6) is -1.25. The van der Waals surface area contributed by atoms with Crippen molar-refractivity contribution in [3.8, 4) is 0 Å². The largest absolute Gasteiger partial charge is 0.461 e. The lowest BCUT2D eigenvalue weighted by Gasteiger charge is -2.13. The molecule has 0 spiro atoms. The Bertz CT molecular complexity index is 733. The van der Waals surface area contributed by atoms with Crippen molar-refractivity contribution in [1.29, 1.82) is 0 Å². The van der Waals surface area contributed by atoms with Crippen LogP contribution in [0.25, 0.3) is 0 Å². The molecule has 1 aromatic heterocycles. The van der Waals surface area contributed by atoms with Crippen molar-refractivity contribution in [2.75, 3.05) is 10.6 Å². The maximum Gasteiger partial charge on any atom is 0.328 e. The van der Waals surface area contributed by atoms with Gasteiger partial charge in [-0.2, -0.15) is 11.3 Å². The van der Waals surface area contributed by atoms with Gasteiger partial charge in [0.15, 0.2) is 0 Å². The van der Waals surface area contributed by atoms with Gasteiger partial charge in [0.1, 0.15) is 18.0 Å². The third-order valence-electron chi connectivity index (χ3n) is 3.51. The molecule has 0 radical (unpaired) electrons. The highest BCUT2D eigenvalue weighted by Crippen LogP contribution is 2.24. The van der Waals surface area contributed by atoms with E-state index < -0.39 is 11.9 Å². The van der Waals surface area contributed by atoms with E-state index in [0.717, 1.165) is 0 Å². The van der Waals surface area contributed by atoms with Gasteiger partial charge < -0.3 is 15.4 Å². The molecule has 2 atom stereocenters. The Morgan fingerprint density at radius 2 is 2.22 bits per heavy atom. The van der Waals surface area contributed by atoms with Crippen molar-refractivity contribution in [2.45, 2.75) is 25.5 Å². The zero-order chi connectivity index (χ0) is 16.4. The Balaban J connectivity index is 1.74. The molecule has 120 valence electrons. The number of esters is 1. The lowest BCUT2D eigenvalue weighted by molar-refractivity contribution is -0.141. The van der Waals surface area contributed by atoms with Crippen LogP contribution >= 0.6 is 11.3 Å². The number of nitrogens with one attached hydrogen (secondary N) is 2. The molecule has 5 nitrogen and oxygen atoms in total. The number of thiophene rings is 1. The van der Waals surface area contributed by atoms with E-state index in [1.54, 1.807) is 16.8 Å². The quantitative estimate of drug-likeness (QED) is 0.842. The van der Waals surface area contributed by atoms with Gasteiger partial charge in [-0.1, -0.05) is 0 Å². The predicted octanol–water partition coefficient (Wildman–Crippen LogP) is 3.26. The first kappa shape index (κ1) is 15.5. The number of anilines is 2. The monoisotopic (exact) mass is 334 g/mol. The highest BCUT2D eigenvalue weighted by atomic mass is 32.1. The van der Waals surface area contributed by atoms with Crippen LogP contribution in [-0.2, 0) is 9.53 Å². The summed E-state index contributed by atoms with van der Waals surface area (Å²) in [6.45, 7) is 1.82. The van der Waals surface area contributed by atoms with Crippen LogP contribution in [0, 0.1) is 5.82 Å². The topological polar surface area (TPSA) is 67.4 Å². The zero-order valence-electron chi connectivity index (χ0n) is 12.3. The molecule has 0 unspecified atom stereocenters. The number of amides is 1. The molecule has 23 heavy (non-hydrogen) atoms. The molecule has 2 aromatic rings. The molecule has 0 saturated carbocycles. The second-order valence-corrected chi connectivity index (χ2v) is 6.12. The molecule has 1 aliphatic heterocycles. The molecule has 0 bridgehead atoms. The van der Waals surface area contributed by atoms with Crippen molar-refractivity contribution >= 4 is 34.6 Å². The van der Waals surface area contributed by atoms with Gasteiger partial charge in [-0.15, -0.1) is 0 Å². The van der Waals surface area contributed by atoms with Crippen LogP contribution in [0.3, 0.4) is 0 Å². The van der Waals surface area contributed by atoms with Gasteiger partial charge >= 0.3 is 5.97 Å². The van der Waals surface area contributed by atoms with Gasteiger partial charge in [0.2, 0.25) is 0 Å². The number of carbonyl (C=O) groups is 2. The van der Waals surface area contributed by atoms with Crippen LogP contribution in [0.5, 0.6) is 0 Å². The lowest BCUT2D eigenvalue weighted by atomic mass is 10.1. The van der Waals surface area contributed by atoms with Gasteiger partial charge in [-0.05, 0) is 36.6 Å². The van der Waals surface area contributed by atoms with E-state index in [2.05, 4.69) is 10.6 Å². The minimum Gasteiger partial charge on any atom is -0.461 e. The van der Waals surface area contributed by atoms with Crippen LogP contribution < -0.4 is 10.6 Å². The Kier molecular flexibility index (Phi) is 4.29. The standard InChI is InChI=1S/C16H15FN2O3S/c1-9-6-14(16(21)22-9)18-11-2-3-12(17)13(7-11)19-15(20)10-4-5-23-8-10/h2-5,7-9,14,18H,6H2,1H3,(H,19,20)/t9-,14+/m0/s1. The Hall–Kier alpha value is -2.41. The molecular weight excluding hydrogens is 319 g/mol. The molecule has 1 aliphatic rings. The van der Waals surface area contributed by atoms with Crippen molar-refractivity contribution < 1.29 is 18.7 Å². The van der Waals surface area contributed by atoms with E-state index in [0.29, 0.717) is 17.7 Å². The number of halogens is 1. The van der Waals surface area contributed by atoms with Crippen LogP contribution in [0.4, 0.5) is 15.8 Å². The van der Waals surface area contributed by atoms with Gasteiger partial charge in [0.05, 0.1) is 11.3 Å². The maximum atomic E-state index is 13.9. The molecule has 2 N–H and O–H groups in total. The lowest BCUT2D eigenvalue weighted by Crippen LogP contribution is -2.24.